The van der Waals surface area contributed by atoms with E-state index in [2.05, 4.69) is 19.2 Å². The van der Waals surface area contributed by atoms with Crippen LogP contribution in [-0.4, -0.2) is 47.4 Å². The van der Waals surface area contributed by atoms with Gasteiger partial charge in [0.25, 0.3) is 0 Å². The van der Waals surface area contributed by atoms with Gasteiger partial charge >= 0.3 is 5.97 Å². The van der Waals surface area contributed by atoms with Gasteiger partial charge in [-0.05, 0) is 25.7 Å². The molecule has 0 bridgehead atoms. The standard InChI is InChI=1S/C60H119NO5/c1-3-5-7-9-11-13-15-16-29-33-36-40-44-48-52-58(63)57(56-62)61-59(64)53-49-45-41-37-34-30-27-25-23-21-19-17-18-20-22-24-26-28-31-35-39-43-47-51-55-66-60(65)54-50-46-42-38-32-14-12-10-8-6-4-2/h57-58,62-63H,3-56H2,1-2H3,(H,61,64). The van der Waals surface area contributed by atoms with E-state index in [0.717, 1.165) is 38.5 Å². The van der Waals surface area contributed by atoms with Crippen molar-refractivity contribution in [2.24, 2.45) is 0 Å². The maximum Gasteiger partial charge on any atom is 0.305 e. The first-order valence-corrected chi connectivity index (χ1v) is 30.3. The Bertz CT molecular complexity index is 944. The largest absolute Gasteiger partial charge is 0.466 e. The lowest BCUT2D eigenvalue weighted by molar-refractivity contribution is -0.143. The van der Waals surface area contributed by atoms with Crippen molar-refractivity contribution in [3.05, 3.63) is 0 Å². The summed E-state index contributed by atoms with van der Waals surface area (Å²) in [6.45, 7) is 4.97. The molecule has 0 aromatic heterocycles. The first-order chi connectivity index (χ1) is 32.5. The molecule has 0 aliphatic heterocycles. The molecule has 394 valence electrons. The van der Waals surface area contributed by atoms with E-state index in [0.29, 0.717) is 25.9 Å². The van der Waals surface area contributed by atoms with Crippen molar-refractivity contribution in [1.29, 1.82) is 0 Å². The van der Waals surface area contributed by atoms with Crippen molar-refractivity contribution in [1.82, 2.24) is 5.32 Å². The van der Waals surface area contributed by atoms with Crippen LogP contribution in [0.1, 0.15) is 348 Å². The van der Waals surface area contributed by atoms with Gasteiger partial charge in [0.2, 0.25) is 5.91 Å². The highest BCUT2D eigenvalue weighted by molar-refractivity contribution is 5.76. The van der Waals surface area contributed by atoms with Crippen molar-refractivity contribution in [3.8, 4) is 0 Å². The van der Waals surface area contributed by atoms with E-state index in [1.807, 2.05) is 0 Å². The molecule has 0 saturated heterocycles. The second kappa shape index (κ2) is 56.4. The van der Waals surface area contributed by atoms with Gasteiger partial charge in [0, 0.05) is 12.8 Å². The molecule has 0 radical (unpaired) electrons. The Morgan fingerprint density at radius 2 is 0.621 bits per heavy atom. The highest BCUT2D eigenvalue weighted by Crippen LogP contribution is 2.18. The van der Waals surface area contributed by atoms with Gasteiger partial charge in [0.15, 0.2) is 0 Å². The molecule has 0 aliphatic rings. The predicted octanol–water partition coefficient (Wildman–Crippen LogP) is 18.7. The first kappa shape index (κ1) is 64.9. The van der Waals surface area contributed by atoms with Crippen LogP contribution in [0.5, 0.6) is 0 Å². The quantitative estimate of drug-likeness (QED) is 0.0417. The number of amides is 1. The molecule has 0 aliphatic carbocycles. The summed E-state index contributed by atoms with van der Waals surface area (Å²) in [5.74, 6) is -0.0153. The van der Waals surface area contributed by atoms with Crippen LogP contribution in [0.15, 0.2) is 0 Å². The third kappa shape index (κ3) is 52.2. The summed E-state index contributed by atoms with van der Waals surface area (Å²) in [6, 6.07) is -0.538. The van der Waals surface area contributed by atoms with Crippen molar-refractivity contribution < 1.29 is 24.5 Å². The van der Waals surface area contributed by atoms with E-state index in [4.69, 9.17) is 4.74 Å². The molecule has 0 heterocycles. The van der Waals surface area contributed by atoms with Crippen molar-refractivity contribution >= 4 is 11.9 Å². The SMILES string of the molecule is CCCCCCCCCCCCCCCCC(O)C(CO)NC(=O)CCCCCCCCCCCCCCCCCCCCCCCCCCOC(=O)CCCCCCCCCCCCC. The third-order valence-corrected chi connectivity index (χ3v) is 14.4. The molecule has 2 atom stereocenters. The summed E-state index contributed by atoms with van der Waals surface area (Å²) >= 11 is 0. The molecule has 0 rings (SSSR count). The van der Waals surface area contributed by atoms with Gasteiger partial charge in [-0.2, -0.15) is 0 Å². The van der Waals surface area contributed by atoms with E-state index in [9.17, 15) is 19.8 Å². The zero-order chi connectivity index (χ0) is 47.9. The minimum atomic E-state index is -0.661. The molecule has 1 amide bonds. The smallest absolute Gasteiger partial charge is 0.305 e. The molecule has 2 unspecified atom stereocenters. The van der Waals surface area contributed by atoms with Crippen molar-refractivity contribution in [3.63, 3.8) is 0 Å². The lowest BCUT2D eigenvalue weighted by Crippen LogP contribution is -2.45. The van der Waals surface area contributed by atoms with Crippen LogP contribution in [-0.2, 0) is 14.3 Å². The lowest BCUT2D eigenvalue weighted by atomic mass is 10.0. The molecule has 0 fully saturated rings. The van der Waals surface area contributed by atoms with E-state index in [1.165, 1.54) is 276 Å². The molecule has 66 heavy (non-hydrogen) atoms. The van der Waals surface area contributed by atoms with Gasteiger partial charge in [-0.3, -0.25) is 9.59 Å². The first-order valence-electron chi connectivity index (χ1n) is 30.3. The summed E-state index contributed by atoms with van der Waals surface area (Å²) in [5.41, 5.74) is 0. The monoisotopic (exact) mass is 934 g/mol. The van der Waals surface area contributed by atoms with Crippen molar-refractivity contribution in [2.75, 3.05) is 13.2 Å². The van der Waals surface area contributed by atoms with Crippen LogP contribution < -0.4 is 5.32 Å². The normalized spacial score (nSPS) is 12.5. The van der Waals surface area contributed by atoms with Crippen molar-refractivity contribution in [2.45, 2.75) is 360 Å². The molecule has 3 N–H and O–H groups in total. The number of nitrogens with one attached hydrogen (secondary N) is 1. The highest BCUT2D eigenvalue weighted by atomic mass is 16.5. The van der Waals surface area contributed by atoms with E-state index in [-0.39, 0.29) is 18.5 Å². The fourth-order valence-electron chi connectivity index (χ4n) is 9.76. The van der Waals surface area contributed by atoms with Crippen LogP contribution in [0, 0.1) is 0 Å². The number of unbranched alkanes of at least 4 members (excludes halogenated alkanes) is 46. The second-order valence-corrected chi connectivity index (χ2v) is 21.1. The minimum absolute atomic E-state index is 0.0159. The number of hydrogen-bond acceptors (Lipinski definition) is 5. The summed E-state index contributed by atoms with van der Waals surface area (Å²) in [4.78, 5) is 24.5. The number of hydrogen-bond donors (Lipinski definition) is 3. The van der Waals surface area contributed by atoms with E-state index in [1.54, 1.807) is 0 Å². The summed E-state index contributed by atoms with van der Waals surface area (Å²) < 4.78 is 5.47. The Balaban J connectivity index is 3.35. The Labute approximate surface area is 413 Å². The fraction of sp³-hybridized carbons (Fsp3) is 0.967. The molecule has 6 heteroatoms. The Hall–Kier alpha value is -1.14. The molecular formula is C60H119NO5. The van der Waals surface area contributed by atoms with Gasteiger partial charge in [0.05, 0.1) is 25.4 Å². The molecule has 0 spiro atoms. The summed E-state index contributed by atoms with van der Waals surface area (Å²) in [5, 5.41) is 23.3. The summed E-state index contributed by atoms with van der Waals surface area (Å²) in [6.07, 6.45) is 65.4. The molecule has 0 aromatic carbocycles. The van der Waals surface area contributed by atoms with Crippen LogP contribution in [0.4, 0.5) is 0 Å². The maximum atomic E-state index is 12.5. The molecule has 0 saturated carbocycles. The number of carbonyl (C=O) groups is 2. The van der Waals surface area contributed by atoms with Crippen LogP contribution >= 0.6 is 0 Å². The lowest BCUT2D eigenvalue weighted by Gasteiger charge is -2.22. The number of aliphatic hydroxyl groups excluding tert-OH is 2. The number of aliphatic hydroxyl groups is 2. The number of ether oxygens (including phenoxy) is 1. The second-order valence-electron chi connectivity index (χ2n) is 21.1. The van der Waals surface area contributed by atoms with Gasteiger partial charge in [-0.25, -0.2) is 0 Å². The number of carbonyl (C=O) groups excluding carboxylic acids is 2. The van der Waals surface area contributed by atoms with Crippen LogP contribution in [0.2, 0.25) is 0 Å². The number of rotatable bonds is 57. The van der Waals surface area contributed by atoms with Gasteiger partial charge < -0.3 is 20.3 Å². The average Bonchev–Trinajstić information content (AvgIpc) is 3.32. The Morgan fingerprint density at radius 1 is 0.364 bits per heavy atom. The van der Waals surface area contributed by atoms with Gasteiger partial charge in [-0.1, -0.05) is 309 Å². The van der Waals surface area contributed by atoms with Crippen LogP contribution in [0.3, 0.4) is 0 Å². The average molecular weight is 935 g/mol. The highest BCUT2D eigenvalue weighted by Gasteiger charge is 2.20. The Kier molecular flexibility index (Phi) is 55.5. The molecular weight excluding hydrogens is 815 g/mol. The van der Waals surface area contributed by atoms with Crippen LogP contribution in [0.25, 0.3) is 0 Å². The molecule has 6 nitrogen and oxygen atoms in total. The predicted molar refractivity (Wildman–Crippen MR) is 287 cm³/mol. The third-order valence-electron chi connectivity index (χ3n) is 14.4. The van der Waals surface area contributed by atoms with E-state index >= 15 is 0 Å². The topological polar surface area (TPSA) is 95.9 Å². The zero-order valence-electron chi connectivity index (χ0n) is 45.0. The fourth-order valence-corrected chi connectivity index (χ4v) is 9.76. The van der Waals surface area contributed by atoms with Gasteiger partial charge in [-0.15, -0.1) is 0 Å². The van der Waals surface area contributed by atoms with Gasteiger partial charge in [0.1, 0.15) is 0 Å². The number of esters is 1. The van der Waals surface area contributed by atoms with E-state index < -0.39 is 12.1 Å². The minimum Gasteiger partial charge on any atom is -0.466 e. The molecule has 0 aromatic rings. The summed E-state index contributed by atoms with van der Waals surface area (Å²) in [7, 11) is 0. The Morgan fingerprint density at radius 3 is 0.924 bits per heavy atom. The zero-order valence-corrected chi connectivity index (χ0v) is 45.0. The maximum absolute atomic E-state index is 12.5.